The number of hydrogen-bond acceptors (Lipinski definition) is 2. The van der Waals surface area contributed by atoms with Gasteiger partial charge >= 0.3 is 0 Å². The van der Waals surface area contributed by atoms with Crippen LogP contribution < -0.4 is 5.32 Å². The molecule has 0 aromatic heterocycles. The van der Waals surface area contributed by atoms with E-state index in [1.807, 2.05) is 0 Å². The third kappa shape index (κ3) is 2.90. The summed E-state index contributed by atoms with van der Waals surface area (Å²) in [5, 5.41) is 3.23. The minimum absolute atomic E-state index is 0.245. The second-order valence-electron chi connectivity index (χ2n) is 7.65. The molecule has 3 aliphatic rings. The lowest BCUT2D eigenvalue weighted by Gasteiger charge is -2.46. The zero-order valence-corrected chi connectivity index (χ0v) is 14.5. The molecule has 1 N–H and O–H groups in total. The molecule has 1 spiro atoms. The molecule has 0 saturated carbocycles. The number of rotatable bonds is 2. The molecule has 128 valence electrons. The molecule has 1 aromatic carbocycles. The van der Waals surface area contributed by atoms with E-state index >= 15 is 0 Å². The van der Waals surface area contributed by atoms with E-state index in [0.29, 0.717) is 6.54 Å². The topological polar surface area (TPSA) is 32.3 Å². The van der Waals surface area contributed by atoms with Gasteiger partial charge in [-0.25, -0.2) is 0 Å². The fraction of sp³-hybridized carbons (Fsp3) is 0.571. The van der Waals surface area contributed by atoms with Gasteiger partial charge in [-0.3, -0.25) is 9.69 Å². The van der Waals surface area contributed by atoms with E-state index in [1.165, 1.54) is 43.2 Å². The van der Waals surface area contributed by atoms with E-state index in [9.17, 15) is 4.79 Å². The number of carbonyl (C=O) groups excluding carboxylic acids is 1. The van der Waals surface area contributed by atoms with Gasteiger partial charge in [-0.15, -0.1) is 0 Å². The van der Waals surface area contributed by atoms with Crippen molar-refractivity contribution >= 4 is 5.91 Å². The number of fused-ring (bicyclic) bond motifs is 1. The van der Waals surface area contributed by atoms with Gasteiger partial charge in [0.15, 0.2) is 0 Å². The zero-order chi connectivity index (χ0) is 16.4. The van der Waals surface area contributed by atoms with Crippen molar-refractivity contribution in [1.29, 1.82) is 0 Å². The highest BCUT2D eigenvalue weighted by Crippen LogP contribution is 2.36. The first-order valence-corrected chi connectivity index (χ1v) is 9.56. The first-order chi connectivity index (χ1) is 11.8. The number of amides is 1. The molecule has 1 amide bonds. The third-order valence-corrected chi connectivity index (χ3v) is 6.12. The minimum atomic E-state index is -0.344. The van der Waals surface area contributed by atoms with Crippen LogP contribution in [0, 0.1) is 0 Å². The molecular weight excluding hydrogens is 296 g/mol. The van der Waals surface area contributed by atoms with E-state index in [4.69, 9.17) is 0 Å². The van der Waals surface area contributed by atoms with E-state index < -0.39 is 0 Å². The summed E-state index contributed by atoms with van der Waals surface area (Å²) < 4.78 is 0. The Balaban J connectivity index is 1.66. The number of carbonyl (C=O) groups is 1. The molecule has 1 aromatic rings. The van der Waals surface area contributed by atoms with Gasteiger partial charge in [0.2, 0.25) is 5.91 Å². The molecule has 0 radical (unpaired) electrons. The third-order valence-electron chi connectivity index (χ3n) is 6.12. The standard InChI is InChI=1S/C21H28N2O/c24-20-21(14-18-10-4-5-11-19(18)15-22-20)12-6-7-13-23(21)16-17-8-2-1-3-9-17/h4-5,8,10-11H,1-3,6-7,9,12-16H2,(H,22,24). The number of likely N-dealkylation sites (tertiary alicyclic amines) is 1. The van der Waals surface area contributed by atoms with Crippen molar-refractivity contribution in [2.45, 2.75) is 63.5 Å². The zero-order valence-electron chi connectivity index (χ0n) is 14.5. The quantitative estimate of drug-likeness (QED) is 0.843. The number of piperidine rings is 1. The maximum atomic E-state index is 13.1. The van der Waals surface area contributed by atoms with Crippen LogP contribution in [0.3, 0.4) is 0 Å². The monoisotopic (exact) mass is 324 g/mol. The summed E-state index contributed by atoms with van der Waals surface area (Å²) in [5.41, 5.74) is 3.83. The molecular formula is C21H28N2O. The Kier molecular flexibility index (Phi) is 4.45. The molecule has 1 saturated heterocycles. The number of benzene rings is 1. The number of allylic oxidation sites excluding steroid dienone is 1. The summed E-state index contributed by atoms with van der Waals surface area (Å²) >= 11 is 0. The van der Waals surface area contributed by atoms with Crippen molar-refractivity contribution in [1.82, 2.24) is 10.2 Å². The van der Waals surface area contributed by atoms with Crippen LogP contribution >= 0.6 is 0 Å². The van der Waals surface area contributed by atoms with Gasteiger partial charge in [0.1, 0.15) is 5.54 Å². The SMILES string of the molecule is O=C1NCc2ccccc2CC12CCCCN2CC1=CCCCC1. The van der Waals surface area contributed by atoms with Crippen molar-refractivity contribution in [3.8, 4) is 0 Å². The predicted molar refractivity (Wildman–Crippen MR) is 96.7 cm³/mol. The van der Waals surface area contributed by atoms with E-state index in [0.717, 1.165) is 32.4 Å². The minimum Gasteiger partial charge on any atom is -0.350 e. The van der Waals surface area contributed by atoms with Crippen molar-refractivity contribution in [3.05, 3.63) is 47.0 Å². The smallest absolute Gasteiger partial charge is 0.241 e. The highest BCUT2D eigenvalue weighted by molar-refractivity contribution is 5.87. The number of nitrogens with one attached hydrogen (secondary N) is 1. The van der Waals surface area contributed by atoms with Crippen LogP contribution in [0.2, 0.25) is 0 Å². The lowest BCUT2D eigenvalue weighted by atomic mass is 9.79. The molecule has 3 heteroatoms. The average Bonchev–Trinajstić information content (AvgIpc) is 2.76. The molecule has 1 aliphatic carbocycles. The highest BCUT2D eigenvalue weighted by atomic mass is 16.2. The van der Waals surface area contributed by atoms with Crippen LogP contribution in [0.5, 0.6) is 0 Å². The summed E-state index contributed by atoms with van der Waals surface area (Å²) in [5.74, 6) is 0.245. The molecule has 2 heterocycles. The second-order valence-corrected chi connectivity index (χ2v) is 7.65. The second kappa shape index (κ2) is 6.72. The molecule has 3 nitrogen and oxygen atoms in total. The summed E-state index contributed by atoms with van der Waals surface area (Å²) in [4.78, 5) is 15.6. The van der Waals surface area contributed by atoms with Gasteiger partial charge in [0.05, 0.1) is 0 Å². The van der Waals surface area contributed by atoms with Gasteiger partial charge < -0.3 is 5.32 Å². The fourth-order valence-electron chi connectivity index (χ4n) is 4.71. The van der Waals surface area contributed by atoms with Crippen molar-refractivity contribution in [2.75, 3.05) is 13.1 Å². The molecule has 1 unspecified atom stereocenters. The molecule has 1 fully saturated rings. The van der Waals surface area contributed by atoms with E-state index in [-0.39, 0.29) is 11.4 Å². The summed E-state index contributed by atoms with van der Waals surface area (Å²) in [6, 6.07) is 8.56. The van der Waals surface area contributed by atoms with Gasteiger partial charge in [-0.05, 0) is 62.6 Å². The largest absolute Gasteiger partial charge is 0.350 e. The van der Waals surface area contributed by atoms with Crippen LogP contribution in [-0.2, 0) is 17.8 Å². The molecule has 2 aliphatic heterocycles. The summed E-state index contributed by atoms with van der Waals surface area (Å²) in [6.45, 7) is 2.70. The number of hydrogen-bond donors (Lipinski definition) is 1. The Labute approximate surface area is 145 Å². The Morgan fingerprint density at radius 2 is 1.96 bits per heavy atom. The maximum Gasteiger partial charge on any atom is 0.241 e. The first kappa shape index (κ1) is 15.9. The van der Waals surface area contributed by atoms with E-state index in [1.54, 1.807) is 5.57 Å². The Bertz CT molecular complexity index is 651. The molecule has 24 heavy (non-hydrogen) atoms. The van der Waals surface area contributed by atoms with Crippen LogP contribution in [0.1, 0.15) is 56.1 Å². The highest BCUT2D eigenvalue weighted by Gasteiger charge is 2.46. The van der Waals surface area contributed by atoms with Crippen LogP contribution in [0.4, 0.5) is 0 Å². The van der Waals surface area contributed by atoms with Crippen molar-refractivity contribution in [3.63, 3.8) is 0 Å². The van der Waals surface area contributed by atoms with Gasteiger partial charge in [0, 0.05) is 19.5 Å². The normalized spacial score (nSPS) is 28.0. The van der Waals surface area contributed by atoms with Gasteiger partial charge in [0.25, 0.3) is 0 Å². The first-order valence-electron chi connectivity index (χ1n) is 9.56. The van der Waals surface area contributed by atoms with Crippen LogP contribution in [-0.4, -0.2) is 29.4 Å². The molecule has 1 atom stereocenters. The number of nitrogens with zero attached hydrogens (tertiary/aromatic N) is 1. The van der Waals surface area contributed by atoms with Gasteiger partial charge in [-0.1, -0.05) is 35.9 Å². The fourth-order valence-corrected chi connectivity index (χ4v) is 4.71. The maximum absolute atomic E-state index is 13.1. The molecule has 0 bridgehead atoms. The van der Waals surface area contributed by atoms with Crippen molar-refractivity contribution in [2.24, 2.45) is 0 Å². The average molecular weight is 324 g/mol. The summed E-state index contributed by atoms with van der Waals surface area (Å²) in [6.07, 6.45) is 11.7. The van der Waals surface area contributed by atoms with Crippen LogP contribution in [0.25, 0.3) is 0 Å². The van der Waals surface area contributed by atoms with Gasteiger partial charge in [-0.2, -0.15) is 0 Å². The van der Waals surface area contributed by atoms with E-state index in [2.05, 4.69) is 40.6 Å². The van der Waals surface area contributed by atoms with Crippen molar-refractivity contribution < 1.29 is 4.79 Å². The van der Waals surface area contributed by atoms with Crippen LogP contribution in [0.15, 0.2) is 35.9 Å². The summed E-state index contributed by atoms with van der Waals surface area (Å²) in [7, 11) is 0. The molecule has 4 rings (SSSR count). The Hall–Kier alpha value is -1.61. The Morgan fingerprint density at radius 3 is 2.79 bits per heavy atom. The Morgan fingerprint density at radius 1 is 1.08 bits per heavy atom. The lowest BCUT2D eigenvalue weighted by molar-refractivity contribution is -0.135. The predicted octanol–water partition coefficient (Wildman–Crippen LogP) is 3.58. The lowest BCUT2D eigenvalue weighted by Crippen LogP contribution is -2.61.